The smallest absolute Gasteiger partial charge is 0.153 e. The van der Waals surface area contributed by atoms with Crippen LogP contribution in [0.5, 0.6) is 0 Å². The van der Waals surface area contributed by atoms with Crippen LogP contribution in [0.3, 0.4) is 0 Å². The van der Waals surface area contributed by atoms with Crippen molar-refractivity contribution in [2.24, 2.45) is 0 Å². The predicted molar refractivity (Wildman–Crippen MR) is 132 cm³/mol. The van der Waals surface area contributed by atoms with Crippen LogP contribution in [0, 0.1) is 13.8 Å². The Kier molecular flexibility index (Phi) is 5.08. The lowest BCUT2D eigenvalue weighted by atomic mass is 9.79. The molecule has 0 amide bonds. The molecule has 31 heavy (non-hydrogen) atoms. The number of nitrogens with zero attached hydrogens (tertiary/aromatic N) is 1. The van der Waals surface area contributed by atoms with E-state index in [2.05, 4.69) is 109 Å². The Hall–Kier alpha value is -2.87. The number of aryl methyl sites for hydroxylation is 2. The monoisotopic (exact) mass is 411 g/mol. The van der Waals surface area contributed by atoms with E-state index in [1.54, 1.807) is 0 Å². The first-order chi connectivity index (χ1) is 14.4. The number of hydrogen-bond donors (Lipinski definition) is 0. The molecule has 2 nitrogen and oxygen atoms in total. The summed E-state index contributed by atoms with van der Waals surface area (Å²) in [5, 5.41) is 1.08. The fraction of sp³-hybridized carbons (Fsp3) is 0.345. The zero-order valence-corrected chi connectivity index (χ0v) is 20.1. The van der Waals surface area contributed by atoms with Crippen molar-refractivity contribution in [3.63, 3.8) is 0 Å². The molecule has 2 heteroatoms. The molecule has 0 unspecified atom stereocenters. The maximum absolute atomic E-state index is 6.27. The van der Waals surface area contributed by atoms with Crippen LogP contribution in [0.1, 0.15) is 63.8 Å². The Morgan fingerprint density at radius 3 is 1.77 bits per heavy atom. The van der Waals surface area contributed by atoms with Gasteiger partial charge in [0.1, 0.15) is 5.76 Å². The average molecular weight is 412 g/mol. The number of hydrogen-bond acceptors (Lipinski definition) is 2. The number of benzene rings is 2. The highest BCUT2D eigenvalue weighted by Crippen LogP contribution is 2.36. The quantitative estimate of drug-likeness (QED) is 0.331. The van der Waals surface area contributed by atoms with Crippen molar-refractivity contribution in [2.75, 3.05) is 0 Å². The van der Waals surface area contributed by atoms with Crippen molar-refractivity contribution in [3.05, 3.63) is 77.0 Å². The normalized spacial score (nSPS) is 12.5. The standard InChI is InChI=1S/C29H33NO/c1-18-9-19(2)11-20(10-18)25-14-22-15-26(31-27(22)17-30-25)21-12-23(28(3,4)5)16-24(13-21)29(6,7)8/h9-17H,1-8H3. The molecule has 0 N–H and O–H groups in total. The zero-order valence-electron chi connectivity index (χ0n) is 20.1. The largest absolute Gasteiger partial charge is 0.454 e. The van der Waals surface area contributed by atoms with E-state index in [-0.39, 0.29) is 10.8 Å². The molecule has 0 saturated heterocycles. The minimum atomic E-state index is 0.0692. The van der Waals surface area contributed by atoms with Crippen molar-refractivity contribution in [1.29, 1.82) is 0 Å². The molecule has 4 rings (SSSR count). The van der Waals surface area contributed by atoms with Gasteiger partial charge >= 0.3 is 0 Å². The molecular formula is C29H33NO. The van der Waals surface area contributed by atoms with Gasteiger partial charge in [-0.15, -0.1) is 0 Å². The van der Waals surface area contributed by atoms with Gasteiger partial charge in [0.2, 0.25) is 0 Å². The summed E-state index contributed by atoms with van der Waals surface area (Å²) in [5.74, 6) is 0.894. The van der Waals surface area contributed by atoms with Crippen LogP contribution in [0.15, 0.2) is 59.1 Å². The molecule has 0 spiro atoms. The molecule has 0 radical (unpaired) electrons. The molecule has 0 aliphatic carbocycles. The molecule has 4 aromatic rings. The van der Waals surface area contributed by atoms with Gasteiger partial charge < -0.3 is 4.42 Å². The summed E-state index contributed by atoms with van der Waals surface area (Å²) in [6.45, 7) is 17.8. The second kappa shape index (κ2) is 7.37. The van der Waals surface area contributed by atoms with Gasteiger partial charge in [0.25, 0.3) is 0 Å². The minimum absolute atomic E-state index is 0.0692. The molecule has 0 aliphatic heterocycles. The second-order valence-corrected chi connectivity index (χ2v) is 10.9. The highest BCUT2D eigenvalue weighted by molar-refractivity contribution is 5.85. The summed E-state index contributed by atoms with van der Waals surface area (Å²) in [5.41, 5.74) is 9.35. The van der Waals surface area contributed by atoms with Crippen LogP contribution in [0.2, 0.25) is 0 Å². The lowest BCUT2D eigenvalue weighted by Gasteiger charge is -2.26. The molecule has 2 aromatic heterocycles. The fourth-order valence-electron chi connectivity index (χ4n) is 4.00. The van der Waals surface area contributed by atoms with Crippen LogP contribution in [-0.2, 0) is 10.8 Å². The number of pyridine rings is 1. The Labute approximate surface area is 186 Å². The van der Waals surface area contributed by atoms with Crippen LogP contribution >= 0.6 is 0 Å². The third-order valence-corrected chi connectivity index (χ3v) is 5.87. The van der Waals surface area contributed by atoms with E-state index >= 15 is 0 Å². The second-order valence-electron chi connectivity index (χ2n) is 10.9. The van der Waals surface area contributed by atoms with Gasteiger partial charge in [-0.1, -0.05) is 64.8 Å². The highest BCUT2D eigenvalue weighted by Gasteiger charge is 2.22. The van der Waals surface area contributed by atoms with Gasteiger partial charge in [-0.05, 0) is 72.2 Å². The van der Waals surface area contributed by atoms with Crippen molar-refractivity contribution in [2.45, 2.75) is 66.2 Å². The fourth-order valence-corrected chi connectivity index (χ4v) is 4.00. The molecule has 0 bridgehead atoms. The average Bonchev–Trinajstić information content (AvgIpc) is 3.09. The van der Waals surface area contributed by atoms with Gasteiger partial charge in [-0.2, -0.15) is 0 Å². The SMILES string of the molecule is Cc1cc(C)cc(-c2cc3cc(-c4cc(C(C)(C)C)cc(C(C)(C)C)c4)oc3cn2)c1. The van der Waals surface area contributed by atoms with Crippen LogP contribution in [0.25, 0.3) is 33.6 Å². The third-order valence-electron chi connectivity index (χ3n) is 5.87. The first-order valence-corrected chi connectivity index (χ1v) is 11.0. The molecule has 2 aromatic carbocycles. The Balaban J connectivity index is 1.83. The Bertz CT molecular complexity index is 1210. The summed E-state index contributed by atoms with van der Waals surface area (Å²) in [7, 11) is 0. The van der Waals surface area contributed by atoms with Crippen molar-refractivity contribution < 1.29 is 4.42 Å². The van der Waals surface area contributed by atoms with E-state index in [0.717, 1.165) is 33.6 Å². The number of fused-ring (bicyclic) bond motifs is 1. The first kappa shape index (κ1) is 21.4. The van der Waals surface area contributed by atoms with E-state index < -0.39 is 0 Å². The zero-order chi connectivity index (χ0) is 22.6. The van der Waals surface area contributed by atoms with Gasteiger partial charge in [0, 0.05) is 16.5 Å². The summed E-state index contributed by atoms with van der Waals surface area (Å²) < 4.78 is 6.27. The molecule has 0 saturated carbocycles. The van der Waals surface area contributed by atoms with E-state index in [0.29, 0.717) is 0 Å². The molecule has 0 aliphatic rings. The maximum atomic E-state index is 6.27. The third kappa shape index (κ3) is 4.44. The van der Waals surface area contributed by atoms with Crippen LogP contribution in [0.4, 0.5) is 0 Å². The van der Waals surface area contributed by atoms with Gasteiger partial charge in [0.05, 0.1) is 11.9 Å². The molecule has 160 valence electrons. The van der Waals surface area contributed by atoms with Gasteiger partial charge in [-0.25, -0.2) is 0 Å². The van der Waals surface area contributed by atoms with Crippen molar-refractivity contribution in [1.82, 2.24) is 4.98 Å². The topological polar surface area (TPSA) is 26.0 Å². The summed E-state index contributed by atoms with van der Waals surface area (Å²) in [6, 6.07) is 17.7. The van der Waals surface area contributed by atoms with E-state index in [9.17, 15) is 0 Å². The Morgan fingerprint density at radius 1 is 0.645 bits per heavy atom. The molecule has 0 fully saturated rings. The Morgan fingerprint density at radius 2 is 1.23 bits per heavy atom. The molecular weight excluding hydrogens is 378 g/mol. The van der Waals surface area contributed by atoms with Crippen LogP contribution in [-0.4, -0.2) is 4.98 Å². The van der Waals surface area contributed by atoms with E-state index in [4.69, 9.17) is 4.42 Å². The highest BCUT2D eigenvalue weighted by atomic mass is 16.3. The minimum Gasteiger partial charge on any atom is -0.454 e. The number of furan rings is 1. The van der Waals surface area contributed by atoms with E-state index in [1.165, 1.54) is 22.3 Å². The van der Waals surface area contributed by atoms with Gasteiger partial charge in [-0.3, -0.25) is 4.98 Å². The van der Waals surface area contributed by atoms with Crippen molar-refractivity contribution >= 4 is 11.0 Å². The summed E-state index contributed by atoms with van der Waals surface area (Å²) >= 11 is 0. The maximum Gasteiger partial charge on any atom is 0.153 e. The molecule has 0 atom stereocenters. The van der Waals surface area contributed by atoms with E-state index in [1.807, 2.05) is 6.20 Å². The summed E-state index contributed by atoms with van der Waals surface area (Å²) in [4.78, 5) is 4.69. The lowest BCUT2D eigenvalue weighted by molar-refractivity contribution is 0.567. The van der Waals surface area contributed by atoms with Gasteiger partial charge in [0.15, 0.2) is 5.58 Å². The lowest BCUT2D eigenvalue weighted by Crippen LogP contribution is -2.16. The molecule has 2 heterocycles. The van der Waals surface area contributed by atoms with Crippen LogP contribution < -0.4 is 0 Å². The first-order valence-electron chi connectivity index (χ1n) is 11.0. The number of rotatable bonds is 2. The summed E-state index contributed by atoms with van der Waals surface area (Å²) in [6.07, 6.45) is 1.85. The van der Waals surface area contributed by atoms with Crippen molar-refractivity contribution in [3.8, 4) is 22.6 Å². The predicted octanol–water partition coefficient (Wildman–Crippen LogP) is 8.37. The number of aromatic nitrogens is 1.